The van der Waals surface area contributed by atoms with Gasteiger partial charge in [-0.05, 0) is 18.2 Å². The fourth-order valence-electron chi connectivity index (χ4n) is 1.57. The summed E-state index contributed by atoms with van der Waals surface area (Å²) in [5.74, 6) is -4.09. The van der Waals surface area contributed by atoms with Crippen molar-refractivity contribution in [2.45, 2.75) is 10.8 Å². The minimum Gasteiger partial charge on any atom is -0.399 e. The second kappa shape index (κ2) is 5.57. The van der Waals surface area contributed by atoms with Crippen LogP contribution in [-0.4, -0.2) is 5.75 Å². The van der Waals surface area contributed by atoms with Gasteiger partial charge in [0.25, 0.3) is 5.92 Å². The number of anilines is 1. The average molecular weight is 283 g/mol. The van der Waals surface area contributed by atoms with E-state index in [4.69, 9.17) is 5.73 Å². The molecule has 2 aromatic carbocycles. The van der Waals surface area contributed by atoms with Gasteiger partial charge in [-0.1, -0.05) is 30.3 Å². The molecule has 0 aliphatic carbocycles. The molecule has 0 spiro atoms. The van der Waals surface area contributed by atoms with Gasteiger partial charge >= 0.3 is 0 Å². The summed E-state index contributed by atoms with van der Waals surface area (Å²) in [4.78, 5) is 0.171. The molecule has 0 heterocycles. The lowest BCUT2D eigenvalue weighted by Gasteiger charge is -2.16. The number of hydrogen-bond donors (Lipinski definition) is 1. The first-order valence-corrected chi connectivity index (χ1v) is 6.59. The Morgan fingerprint density at radius 2 is 1.74 bits per heavy atom. The topological polar surface area (TPSA) is 26.0 Å². The van der Waals surface area contributed by atoms with Gasteiger partial charge in [-0.25, -0.2) is 13.2 Å². The highest BCUT2D eigenvalue weighted by atomic mass is 32.2. The number of rotatable bonds is 4. The van der Waals surface area contributed by atoms with E-state index in [2.05, 4.69) is 0 Å². The summed E-state index contributed by atoms with van der Waals surface area (Å²) in [6, 6.07) is 11.5. The molecule has 0 radical (unpaired) electrons. The summed E-state index contributed by atoms with van der Waals surface area (Å²) < 4.78 is 41.3. The fourth-order valence-corrected chi connectivity index (χ4v) is 2.43. The van der Waals surface area contributed by atoms with E-state index in [-0.39, 0.29) is 16.1 Å². The molecule has 0 fully saturated rings. The normalized spacial score (nSPS) is 11.5. The first-order valence-electron chi connectivity index (χ1n) is 5.60. The van der Waals surface area contributed by atoms with Crippen LogP contribution in [0, 0.1) is 5.82 Å². The lowest BCUT2D eigenvalue weighted by molar-refractivity contribution is 0.0231. The van der Waals surface area contributed by atoms with Crippen LogP contribution in [0.15, 0.2) is 53.4 Å². The van der Waals surface area contributed by atoms with E-state index < -0.39 is 17.5 Å². The summed E-state index contributed by atoms with van der Waals surface area (Å²) in [7, 11) is 0. The predicted octanol–water partition coefficient (Wildman–Crippen LogP) is 4.29. The van der Waals surface area contributed by atoms with E-state index in [1.807, 2.05) is 0 Å². The van der Waals surface area contributed by atoms with E-state index in [0.29, 0.717) is 0 Å². The van der Waals surface area contributed by atoms with E-state index in [0.717, 1.165) is 17.8 Å². The van der Waals surface area contributed by atoms with Gasteiger partial charge in [0, 0.05) is 16.1 Å². The third-order valence-electron chi connectivity index (χ3n) is 2.56. The van der Waals surface area contributed by atoms with Crippen LogP contribution < -0.4 is 5.73 Å². The standard InChI is InChI=1S/C14H12F3NS/c15-12-8-11(18)6-7-13(12)19-9-14(16,17)10-4-2-1-3-5-10/h1-8H,9,18H2. The van der Waals surface area contributed by atoms with Crippen molar-refractivity contribution in [2.24, 2.45) is 0 Å². The molecule has 0 atom stereocenters. The van der Waals surface area contributed by atoms with Gasteiger partial charge in [0.1, 0.15) is 5.82 Å². The van der Waals surface area contributed by atoms with E-state index in [1.165, 1.54) is 24.3 Å². The second-order valence-corrected chi connectivity index (χ2v) is 5.07. The zero-order valence-electron chi connectivity index (χ0n) is 9.95. The van der Waals surface area contributed by atoms with Crippen LogP contribution >= 0.6 is 11.8 Å². The summed E-state index contributed by atoms with van der Waals surface area (Å²) >= 11 is 0.777. The van der Waals surface area contributed by atoms with Gasteiger partial charge in [-0.3, -0.25) is 0 Å². The molecule has 0 bridgehead atoms. The zero-order valence-corrected chi connectivity index (χ0v) is 10.8. The number of thioether (sulfide) groups is 1. The average Bonchev–Trinajstić information content (AvgIpc) is 2.39. The maximum atomic E-state index is 13.9. The van der Waals surface area contributed by atoms with Crippen LogP contribution in [0.1, 0.15) is 5.56 Å². The van der Waals surface area contributed by atoms with Crippen LogP contribution in [0.4, 0.5) is 18.9 Å². The molecular formula is C14H12F3NS. The fraction of sp³-hybridized carbons (Fsp3) is 0.143. The minimum absolute atomic E-state index is 0.0710. The largest absolute Gasteiger partial charge is 0.399 e. The Morgan fingerprint density at radius 3 is 2.37 bits per heavy atom. The predicted molar refractivity (Wildman–Crippen MR) is 71.9 cm³/mol. The first kappa shape index (κ1) is 13.8. The molecule has 2 rings (SSSR count). The van der Waals surface area contributed by atoms with Gasteiger partial charge in [0.2, 0.25) is 0 Å². The summed E-state index contributed by atoms with van der Waals surface area (Å²) in [5, 5.41) is 0. The Morgan fingerprint density at radius 1 is 1.05 bits per heavy atom. The molecule has 100 valence electrons. The number of halogens is 3. The molecule has 5 heteroatoms. The second-order valence-electron chi connectivity index (χ2n) is 4.05. The molecule has 2 aromatic rings. The maximum Gasteiger partial charge on any atom is 0.282 e. The van der Waals surface area contributed by atoms with Gasteiger partial charge in [0.15, 0.2) is 0 Å². The molecule has 0 aliphatic heterocycles. The van der Waals surface area contributed by atoms with E-state index >= 15 is 0 Å². The van der Waals surface area contributed by atoms with Crippen molar-refractivity contribution in [1.29, 1.82) is 0 Å². The van der Waals surface area contributed by atoms with Gasteiger partial charge < -0.3 is 5.73 Å². The highest BCUT2D eigenvalue weighted by Gasteiger charge is 2.31. The molecule has 1 nitrogen and oxygen atoms in total. The Balaban J connectivity index is 2.09. The molecule has 0 aliphatic rings. The smallest absolute Gasteiger partial charge is 0.282 e. The molecule has 0 amide bonds. The van der Waals surface area contributed by atoms with Crippen LogP contribution in [-0.2, 0) is 5.92 Å². The first-order chi connectivity index (χ1) is 8.99. The highest BCUT2D eigenvalue weighted by Crippen LogP contribution is 2.35. The summed E-state index contributed by atoms with van der Waals surface area (Å²) in [6.45, 7) is 0. The number of alkyl halides is 2. The number of benzene rings is 2. The van der Waals surface area contributed by atoms with Gasteiger partial charge in [0.05, 0.1) is 5.75 Å². The van der Waals surface area contributed by atoms with Crippen molar-refractivity contribution < 1.29 is 13.2 Å². The summed E-state index contributed by atoms with van der Waals surface area (Å²) in [6.07, 6.45) is 0. The Bertz CT molecular complexity index is 558. The van der Waals surface area contributed by atoms with Crippen LogP contribution in [0.2, 0.25) is 0 Å². The van der Waals surface area contributed by atoms with Crippen molar-refractivity contribution in [3.63, 3.8) is 0 Å². The van der Waals surface area contributed by atoms with Crippen molar-refractivity contribution in [1.82, 2.24) is 0 Å². The summed E-state index contributed by atoms with van der Waals surface area (Å²) in [5.41, 5.74) is 5.61. The van der Waals surface area contributed by atoms with Crippen molar-refractivity contribution in [3.05, 3.63) is 59.9 Å². The Labute approximate surface area is 113 Å². The van der Waals surface area contributed by atoms with Gasteiger partial charge in [-0.15, -0.1) is 11.8 Å². The SMILES string of the molecule is Nc1ccc(SCC(F)(F)c2ccccc2)c(F)c1. The minimum atomic E-state index is -3.00. The number of hydrogen-bond acceptors (Lipinski definition) is 2. The Kier molecular flexibility index (Phi) is 4.04. The molecular weight excluding hydrogens is 271 g/mol. The zero-order chi connectivity index (χ0) is 13.9. The molecule has 0 saturated carbocycles. The maximum absolute atomic E-state index is 13.9. The molecule has 0 saturated heterocycles. The lowest BCUT2D eigenvalue weighted by Crippen LogP contribution is -2.16. The molecule has 19 heavy (non-hydrogen) atoms. The van der Waals surface area contributed by atoms with Crippen molar-refractivity contribution >= 4 is 17.4 Å². The molecule has 0 unspecified atom stereocenters. The van der Waals surface area contributed by atoms with Gasteiger partial charge in [-0.2, -0.15) is 0 Å². The molecule has 0 aromatic heterocycles. The monoisotopic (exact) mass is 283 g/mol. The lowest BCUT2D eigenvalue weighted by atomic mass is 10.1. The van der Waals surface area contributed by atoms with Crippen LogP contribution in [0.3, 0.4) is 0 Å². The quantitative estimate of drug-likeness (QED) is 0.669. The number of nitrogens with two attached hydrogens (primary N) is 1. The van der Waals surface area contributed by atoms with Crippen molar-refractivity contribution in [2.75, 3.05) is 11.5 Å². The number of nitrogen functional groups attached to an aromatic ring is 1. The van der Waals surface area contributed by atoms with Crippen LogP contribution in [0.5, 0.6) is 0 Å². The van der Waals surface area contributed by atoms with Crippen molar-refractivity contribution in [3.8, 4) is 0 Å². The third-order valence-corrected chi connectivity index (χ3v) is 3.71. The molecule has 2 N–H and O–H groups in total. The van der Waals surface area contributed by atoms with Crippen LogP contribution in [0.25, 0.3) is 0 Å². The van der Waals surface area contributed by atoms with E-state index in [1.54, 1.807) is 18.2 Å². The highest BCUT2D eigenvalue weighted by molar-refractivity contribution is 7.99. The Hall–Kier alpha value is -1.62. The third kappa shape index (κ3) is 3.44. The van der Waals surface area contributed by atoms with E-state index in [9.17, 15) is 13.2 Å².